The van der Waals surface area contributed by atoms with Crippen molar-refractivity contribution in [2.75, 3.05) is 13.1 Å². The number of nitrogens with one attached hydrogen (secondary N) is 1. The minimum Gasteiger partial charge on any atom is -0.419 e. The number of nitrogens with zero attached hydrogens (tertiary/aromatic N) is 3. The highest BCUT2D eigenvalue weighted by Gasteiger charge is 2.09. The summed E-state index contributed by atoms with van der Waals surface area (Å²) in [6, 6.07) is 5.74. The fourth-order valence-corrected chi connectivity index (χ4v) is 1.49. The molecule has 0 aliphatic carbocycles. The standard InChI is InChI=1S/C12H16N4O/c1-3-13-8-7-11-15-16-12(17-11)10-6-4-5-9(2)14-10/h4-6,13H,3,7-8H2,1-2H3. The highest BCUT2D eigenvalue weighted by atomic mass is 16.4. The highest BCUT2D eigenvalue weighted by molar-refractivity contribution is 5.45. The average Bonchev–Trinajstić information content (AvgIpc) is 2.78. The normalized spacial score (nSPS) is 10.7. The molecule has 0 bridgehead atoms. The van der Waals surface area contributed by atoms with Crippen LogP contribution in [0, 0.1) is 6.92 Å². The molecule has 2 aromatic heterocycles. The van der Waals surface area contributed by atoms with Gasteiger partial charge in [0.05, 0.1) is 0 Å². The van der Waals surface area contributed by atoms with E-state index in [1.807, 2.05) is 25.1 Å². The van der Waals surface area contributed by atoms with E-state index in [2.05, 4.69) is 27.4 Å². The predicted octanol–water partition coefficient (Wildman–Crippen LogP) is 1.59. The summed E-state index contributed by atoms with van der Waals surface area (Å²) in [6.07, 6.45) is 0.743. The van der Waals surface area contributed by atoms with Crippen molar-refractivity contribution >= 4 is 0 Å². The fourth-order valence-electron chi connectivity index (χ4n) is 1.49. The number of hydrogen-bond donors (Lipinski definition) is 1. The molecule has 0 saturated heterocycles. The summed E-state index contributed by atoms with van der Waals surface area (Å²) in [5.41, 5.74) is 1.67. The van der Waals surface area contributed by atoms with Crippen molar-refractivity contribution in [3.63, 3.8) is 0 Å². The van der Waals surface area contributed by atoms with E-state index < -0.39 is 0 Å². The summed E-state index contributed by atoms with van der Waals surface area (Å²) >= 11 is 0. The lowest BCUT2D eigenvalue weighted by Crippen LogP contribution is -2.16. The molecule has 90 valence electrons. The summed E-state index contributed by atoms with van der Waals surface area (Å²) in [6.45, 7) is 5.79. The number of pyridine rings is 1. The maximum absolute atomic E-state index is 5.55. The molecule has 1 N–H and O–H groups in total. The van der Waals surface area contributed by atoms with E-state index in [1.165, 1.54) is 0 Å². The van der Waals surface area contributed by atoms with E-state index in [0.29, 0.717) is 11.8 Å². The van der Waals surface area contributed by atoms with Crippen LogP contribution in [0.25, 0.3) is 11.6 Å². The summed E-state index contributed by atoms with van der Waals surface area (Å²) < 4.78 is 5.55. The Kier molecular flexibility index (Phi) is 3.82. The third kappa shape index (κ3) is 3.10. The zero-order valence-corrected chi connectivity index (χ0v) is 10.1. The van der Waals surface area contributed by atoms with Gasteiger partial charge in [0.2, 0.25) is 5.89 Å². The monoisotopic (exact) mass is 232 g/mol. The molecule has 17 heavy (non-hydrogen) atoms. The number of aryl methyl sites for hydroxylation is 1. The zero-order chi connectivity index (χ0) is 12.1. The minimum atomic E-state index is 0.486. The van der Waals surface area contributed by atoms with Crippen LogP contribution in [0.4, 0.5) is 0 Å². The van der Waals surface area contributed by atoms with Gasteiger partial charge < -0.3 is 9.73 Å². The van der Waals surface area contributed by atoms with Crippen molar-refractivity contribution in [1.82, 2.24) is 20.5 Å². The Morgan fingerprint density at radius 1 is 1.29 bits per heavy atom. The third-order valence-electron chi connectivity index (χ3n) is 2.34. The lowest BCUT2D eigenvalue weighted by Gasteiger charge is -1.97. The SMILES string of the molecule is CCNCCc1nnc(-c2cccc(C)n2)o1. The smallest absolute Gasteiger partial charge is 0.266 e. The van der Waals surface area contributed by atoms with Crippen LogP contribution in [-0.4, -0.2) is 28.3 Å². The zero-order valence-electron chi connectivity index (χ0n) is 10.1. The lowest BCUT2D eigenvalue weighted by molar-refractivity contribution is 0.495. The lowest BCUT2D eigenvalue weighted by atomic mass is 10.3. The van der Waals surface area contributed by atoms with E-state index >= 15 is 0 Å². The van der Waals surface area contributed by atoms with E-state index in [1.54, 1.807) is 0 Å². The second-order valence-electron chi connectivity index (χ2n) is 3.77. The first kappa shape index (κ1) is 11.7. The second kappa shape index (κ2) is 5.54. The molecule has 0 aliphatic rings. The molecule has 2 heterocycles. The Balaban J connectivity index is 2.07. The van der Waals surface area contributed by atoms with Crippen molar-refractivity contribution in [2.24, 2.45) is 0 Å². The molecule has 2 rings (SSSR count). The second-order valence-corrected chi connectivity index (χ2v) is 3.77. The topological polar surface area (TPSA) is 63.8 Å². The first-order valence-corrected chi connectivity index (χ1v) is 5.76. The van der Waals surface area contributed by atoms with E-state index in [9.17, 15) is 0 Å². The van der Waals surface area contributed by atoms with E-state index in [4.69, 9.17) is 4.42 Å². The van der Waals surface area contributed by atoms with Gasteiger partial charge in [0, 0.05) is 18.7 Å². The quantitative estimate of drug-likeness (QED) is 0.793. The molecule has 0 spiro atoms. The predicted molar refractivity (Wildman–Crippen MR) is 64.5 cm³/mol. The summed E-state index contributed by atoms with van der Waals surface area (Å²) in [4.78, 5) is 4.34. The number of hydrogen-bond acceptors (Lipinski definition) is 5. The van der Waals surface area contributed by atoms with Crippen LogP contribution in [-0.2, 0) is 6.42 Å². The Morgan fingerprint density at radius 2 is 2.18 bits per heavy atom. The van der Waals surface area contributed by atoms with Crippen molar-refractivity contribution < 1.29 is 4.42 Å². The van der Waals surface area contributed by atoms with Crippen LogP contribution in [0.3, 0.4) is 0 Å². The summed E-state index contributed by atoms with van der Waals surface area (Å²) in [5, 5.41) is 11.2. The Morgan fingerprint density at radius 3 is 2.94 bits per heavy atom. The number of rotatable bonds is 5. The molecule has 0 unspecified atom stereocenters. The maximum atomic E-state index is 5.55. The van der Waals surface area contributed by atoms with Crippen LogP contribution < -0.4 is 5.32 Å². The minimum absolute atomic E-state index is 0.486. The highest BCUT2D eigenvalue weighted by Crippen LogP contribution is 2.15. The molecule has 0 aromatic carbocycles. The Hall–Kier alpha value is -1.75. The Labute approximate surface area is 100 Å². The molecule has 5 heteroatoms. The third-order valence-corrected chi connectivity index (χ3v) is 2.34. The molecule has 0 saturated carbocycles. The van der Waals surface area contributed by atoms with Crippen molar-refractivity contribution in [2.45, 2.75) is 20.3 Å². The molecular formula is C12H16N4O. The van der Waals surface area contributed by atoms with Gasteiger partial charge in [0.15, 0.2) is 0 Å². The first-order chi connectivity index (χ1) is 8.29. The van der Waals surface area contributed by atoms with Gasteiger partial charge in [-0.25, -0.2) is 4.98 Å². The van der Waals surface area contributed by atoms with Gasteiger partial charge in [-0.3, -0.25) is 0 Å². The van der Waals surface area contributed by atoms with E-state index in [-0.39, 0.29) is 0 Å². The average molecular weight is 232 g/mol. The van der Waals surface area contributed by atoms with Crippen molar-refractivity contribution in [3.05, 3.63) is 29.8 Å². The largest absolute Gasteiger partial charge is 0.419 e. The number of aromatic nitrogens is 3. The van der Waals surface area contributed by atoms with Gasteiger partial charge in [-0.1, -0.05) is 13.0 Å². The van der Waals surface area contributed by atoms with Gasteiger partial charge in [-0.05, 0) is 25.6 Å². The molecular weight excluding hydrogens is 216 g/mol. The van der Waals surface area contributed by atoms with Crippen molar-refractivity contribution in [3.8, 4) is 11.6 Å². The summed E-state index contributed by atoms with van der Waals surface area (Å²) in [5.74, 6) is 1.13. The molecule has 2 aromatic rings. The van der Waals surface area contributed by atoms with Gasteiger partial charge in [-0.15, -0.1) is 10.2 Å². The first-order valence-electron chi connectivity index (χ1n) is 5.76. The maximum Gasteiger partial charge on any atom is 0.266 e. The van der Waals surface area contributed by atoms with Crippen LogP contribution in [0.1, 0.15) is 18.5 Å². The van der Waals surface area contributed by atoms with Crippen LogP contribution in [0.15, 0.2) is 22.6 Å². The van der Waals surface area contributed by atoms with Gasteiger partial charge in [-0.2, -0.15) is 0 Å². The van der Waals surface area contributed by atoms with Crippen LogP contribution in [0.2, 0.25) is 0 Å². The molecule has 0 atom stereocenters. The molecule has 0 radical (unpaired) electrons. The number of likely N-dealkylation sites (N-methyl/N-ethyl adjacent to an activating group) is 1. The van der Waals surface area contributed by atoms with Crippen molar-refractivity contribution in [1.29, 1.82) is 0 Å². The molecule has 0 aliphatic heterocycles. The van der Waals surface area contributed by atoms with Gasteiger partial charge >= 0.3 is 0 Å². The fraction of sp³-hybridized carbons (Fsp3) is 0.417. The van der Waals surface area contributed by atoms with E-state index in [0.717, 1.165) is 30.9 Å². The Bertz CT molecular complexity index is 481. The van der Waals surface area contributed by atoms with Crippen LogP contribution >= 0.6 is 0 Å². The summed E-state index contributed by atoms with van der Waals surface area (Å²) in [7, 11) is 0. The molecule has 0 amide bonds. The molecule has 0 fully saturated rings. The van der Waals surface area contributed by atoms with Gasteiger partial charge in [0.25, 0.3) is 5.89 Å². The van der Waals surface area contributed by atoms with Gasteiger partial charge in [0.1, 0.15) is 5.69 Å². The molecule has 5 nitrogen and oxygen atoms in total. The van der Waals surface area contributed by atoms with Crippen LogP contribution in [0.5, 0.6) is 0 Å².